The summed E-state index contributed by atoms with van der Waals surface area (Å²) in [6.45, 7) is 8.50. The lowest BCUT2D eigenvalue weighted by Gasteiger charge is -2.26. The first-order valence-corrected chi connectivity index (χ1v) is 9.42. The van der Waals surface area contributed by atoms with E-state index in [4.69, 9.17) is 4.74 Å². The first kappa shape index (κ1) is 18.6. The molecule has 4 nitrogen and oxygen atoms in total. The fourth-order valence-electron chi connectivity index (χ4n) is 3.29. The number of hydrogen-bond donors (Lipinski definition) is 1. The lowest BCUT2D eigenvalue weighted by atomic mass is 10.0. The summed E-state index contributed by atoms with van der Waals surface area (Å²) in [4.78, 5) is 15.1. The number of carbonyl (C=O) groups is 1. The minimum atomic E-state index is -0.0127. The van der Waals surface area contributed by atoms with Crippen molar-refractivity contribution in [2.45, 2.75) is 32.9 Å². The summed E-state index contributed by atoms with van der Waals surface area (Å²) in [5, 5.41) is 3.18. The standard InChI is InChI=1S/C22H28N2O2/c1-3-21(19-9-7-17(2)8-10-19)23-22(25)20-6-4-5-18(15-20)16-24-11-13-26-14-12-24/h4-10,15,21H,3,11-14,16H2,1-2H3,(H,23,25)/t21-/m1/s1. The lowest BCUT2D eigenvalue weighted by molar-refractivity contribution is 0.0342. The smallest absolute Gasteiger partial charge is 0.251 e. The Morgan fingerprint density at radius 1 is 1.15 bits per heavy atom. The van der Waals surface area contributed by atoms with Crippen LogP contribution in [-0.4, -0.2) is 37.1 Å². The van der Waals surface area contributed by atoms with Crippen LogP contribution in [0.2, 0.25) is 0 Å². The maximum atomic E-state index is 12.8. The van der Waals surface area contributed by atoms with Crippen LogP contribution in [0.3, 0.4) is 0 Å². The molecule has 1 N–H and O–H groups in total. The number of nitrogens with zero attached hydrogens (tertiary/aromatic N) is 1. The van der Waals surface area contributed by atoms with Crippen LogP contribution in [0.25, 0.3) is 0 Å². The molecule has 0 aromatic heterocycles. The van der Waals surface area contributed by atoms with E-state index < -0.39 is 0 Å². The van der Waals surface area contributed by atoms with Gasteiger partial charge in [-0.2, -0.15) is 0 Å². The van der Waals surface area contributed by atoms with Crippen molar-refractivity contribution in [1.29, 1.82) is 0 Å². The van der Waals surface area contributed by atoms with Gasteiger partial charge in [0.15, 0.2) is 0 Å². The minimum absolute atomic E-state index is 0.0127. The van der Waals surface area contributed by atoms with Crippen LogP contribution in [0, 0.1) is 6.92 Å². The molecule has 0 spiro atoms. The third-order valence-corrected chi connectivity index (χ3v) is 4.89. The molecule has 1 heterocycles. The largest absolute Gasteiger partial charge is 0.379 e. The van der Waals surface area contributed by atoms with Crippen LogP contribution in [0.4, 0.5) is 0 Å². The van der Waals surface area contributed by atoms with Gasteiger partial charge in [-0.1, -0.05) is 48.9 Å². The zero-order valence-electron chi connectivity index (χ0n) is 15.7. The second-order valence-electron chi connectivity index (χ2n) is 6.93. The van der Waals surface area contributed by atoms with E-state index in [1.54, 1.807) is 0 Å². The van der Waals surface area contributed by atoms with Crippen molar-refractivity contribution in [2.75, 3.05) is 26.3 Å². The number of nitrogens with one attached hydrogen (secondary N) is 1. The van der Waals surface area contributed by atoms with Gasteiger partial charge in [0.1, 0.15) is 0 Å². The molecule has 1 fully saturated rings. The molecule has 1 saturated heterocycles. The van der Waals surface area contributed by atoms with Crippen LogP contribution in [0.1, 0.15) is 46.4 Å². The Morgan fingerprint density at radius 3 is 2.58 bits per heavy atom. The van der Waals surface area contributed by atoms with E-state index in [0.29, 0.717) is 0 Å². The van der Waals surface area contributed by atoms with Crippen LogP contribution >= 0.6 is 0 Å². The highest BCUT2D eigenvalue weighted by Crippen LogP contribution is 2.18. The number of aryl methyl sites for hydroxylation is 1. The summed E-state index contributed by atoms with van der Waals surface area (Å²) < 4.78 is 5.40. The predicted molar refractivity (Wildman–Crippen MR) is 104 cm³/mol. The van der Waals surface area contributed by atoms with Crippen LogP contribution in [0.15, 0.2) is 48.5 Å². The van der Waals surface area contributed by atoms with Gasteiger partial charge in [0.2, 0.25) is 0 Å². The van der Waals surface area contributed by atoms with Gasteiger partial charge in [0, 0.05) is 25.2 Å². The van der Waals surface area contributed by atoms with E-state index in [-0.39, 0.29) is 11.9 Å². The van der Waals surface area contributed by atoms with Gasteiger partial charge in [0.25, 0.3) is 5.91 Å². The number of carbonyl (C=O) groups excluding carboxylic acids is 1. The van der Waals surface area contributed by atoms with Crippen LogP contribution in [0.5, 0.6) is 0 Å². The van der Waals surface area contributed by atoms with Gasteiger partial charge in [-0.15, -0.1) is 0 Å². The summed E-state index contributed by atoms with van der Waals surface area (Å²) in [7, 11) is 0. The van der Waals surface area contributed by atoms with Gasteiger partial charge in [0.05, 0.1) is 19.3 Å². The highest BCUT2D eigenvalue weighted by atomic mass is 16.5. The van der Waals surface area contributed by atoms with Crippen molar-refractivity contribution < 1.29 is 9.53 Å². The number of benzene rings is 2. The average molecular weight is 352 g/mol. The second kappa shape index (κ2) is 8.97. The molecule has 4 heteroatoms. The summed E-state index contributed by atoms with van der Waals surface area (Å²) in [6.07, 6.45) is 0.863. The number of hydrogen-bond acceptors (Lipinski definition) is 3. The van der Waals surface area contributed by atoms with Crippen molar-refractivity contribution in [2.24, 2.45) is 0 Å². The van der Waals surface area contributed by atoms with E-state index in [1.807, 2.05) is 18.2 Å². The lowest BCUT2D eigenvalue weighted by Crippen LogP contribution is -2.35. The quantitative estimate of drug-likeness (QED) is 0.862. The number of amides is 1. The molecule has 2 aromatic rings. The highest BCUT2D eigenvalue weighted by molar-refractivity contribution is 5.94. The van der Waals surface area contributed by atoms with Gasteiger partial charge in [-0.05, 0) is 36.6 Å². The summed E-state index contributed by atoms with van der Waals surface area (Å²) >= 11 is 0. The third-order valence-electron chi connectivity index (χ3n) is 4.89. The van der Waals surface area contributed by atoms with E-state index >= 15 is 0 Å². The molecule has 0 aliphatic carbocycles. The minimum Gasteiger partial charge on any atom is -0.379 e. The van der Waals surface area contributed by atoms with Crippen LogP contribution in [-0.2, 0) is 11.3 Å². The molecule has 0 saturated carbocycles. The third kappa shape index (κ3) is 4.93. The Labute approximate surface area is 156 Å². The van der Waals surface area contributed by atoms with Gasteiger partial charge < -0.3 is 10.1 Å². The Hall–Kier alpha value is -2.17. The zero-order valence-corrected chi connectivity index (χ0v) is 15.7. The van der Waals surface area contributed by atoms with E-state index in [9.17, 15) is 4.79 Å². The van der Waals surface area contributed by atoms with Gasteiger partial charge >= 0.3 is 0 Å². The second-order valence-corrected chi connectivity index (χ2v) is 6.93. The van der Waals surface area contributed by atoms with Crippen molar-refractivity contribution in [1.82, 2.24) is 10.2 Å². The summed E-state index contributed by atoms with van der Waals surface area (Å²) in [6, 6.07) is 16.4. The van der Waals surface area contributed by atoms with E-state index in [0.717, 1.165) is 50.4 Å². The summed E-state index contributed by atoms with van der Waals surface area (Å²) in [5.74, 6) is -0.0127. The zero-order chi connectivity index (χ0) is 18.4. The highest BCUT2D eigenvalue weighted by Gasteiger charge is 2.15. The Morgan fingerprint density at radius 2 is 1.88 bits per heavy atom. The first-order valence-electron chi connectivity index (χ1n) is 9.42. The first-order chi connectivity index (χ1) is 12.7. The maximum Gasteiger partial charge on any atom is 0.251 e. The molecule has 3 rings (SSSR count). The van der Waals surface area contributed by atoms with Crippen molar-refractivity contribution >= 4 is 5.91 Å². The van der Waals surface area contributed by atoms with E-state index in [2.05, 4.69) is 54.4 Å². The molecule has 2 aromatic carbocycles. The predicted octanol–water partition coefficient (Wildman–Crippen LogP) is 3.71. The van der Waals surface area contributed by atoms with Crippen molar-refractivity contribution in [3.8, 4) is 0 Å². The molecule has 1 atom stereocenters. The fraction of sp³-hybridized carbons (Fsp3) is 0.409. The topological polar surface area (TPSA) is 41.6 Å². The molecule has 1 amide bonds. The molecule has 138 valence electrons. The Bertz CT molecular complexity index is 721. The number of rotatable bonds is 6. The molecule has 26 heavy (non-hydrogen) atoms. The average Bonchev–Trinajstić information content (AvgIpc) is 2.68. The van der Waals surface area contributed by atoms with Gasteiger partial charge in [-0.3, -0.25) is 9.69 Å². The van der Waals surface area contributed by atoms with E-state index in [1.165, 1.54) is 11.1 Å². The molecule has 1 aliphatic heterocycles. The van der Waals surface area contributed by atoms with Crippen LogP contribution < -0.4 is 5.32 Å². The molecular formula is C22H28N2O2. The fourth-order valence-corrected chi connectivity index (χ4v) is 3.29. The molecule has 1 aliphatic rings. The number of ether oxygens (including phenoxy) is 1. The van der Waals surface area contributed by atoms with Gasteiger partial charge in [-0.25, -0.2) is 0 Å². The number of morpholine rings is 1. The molecule has 0 unspecified atom stereocenters. The molecule has 0 bridgehead atoms. The Kier molecular flexibility index (Phi) is 6.42. The van der Waals surface area contributed by atoms with Crippen molar-refractivity contribution in [3.05, 3.63) is 70.8 Å². The monoisotopic (exact) mass is 352 g/mol. The SMILES string of the molecule is CC[C@@H](NC(=O)c1cccc(CN2CCOCC2)c1)c1ccc(C)cc1. The maximum absolute atomic E-state index is 12.8. The summed E-state index contributed by atoms with van der Waals surface area (Å²) in [5.41, 5.74) is 4.27. The molecular weight excluding hydrogens is 324 g/mol. The Balaban J connectivity index is 1.66. The molecule has 0 radical (unpaired) electrons. The normalized spacial score (nSPS) is 16.2. The van der Waals surface area contributed by atoms with Crippen molar-refractivity contribution in [3.63, 3.8) is 0 Å².